The minimum atomic E-state index is 1.08. The van der Waals surface area contributed by atoms with Crippen LogP contribution in [-0.2, 0) is 6.42 Å². The lowest BCUT2D eigenvalue weighted by atomic mass is 10.1. The maximum atomic E-state index is 3.85. The highest BCUT2D eigenvalue weighted by Crippen LogP contribution is 2.17. The highest BCUT2D eigenvalue weighted by Gasteiger charge is 2.04. The molecule has 1 aromatic heterocycles. The van der Waals surface area contributed by atoms with Crippen LogP contribution in [0.5, 0.6) is 0 Å². The summed E-state index contributed by atoms with van der Waals surface area (Å²) >= 11 is 0. The number of hydrogen-bond acceptors (Lipinski definition) is 1. The van der Waals surface area contributed by atoms with Crippen LogP contribution < -0.4 is 5.32 Å². The minimum Gasteiger partial charge on any atom is -0.361 e. The first kappa shape index (κ1) is 12.8. The molecule has 0 saturated carbocycles. The third-order valence-corrected chi connectivity index (χ3v) is 2.67. The number of aromatic nitrogens is 1. The predicted octanol–water partition coefficient (Wildman–Crippen LogP) is 3.23. The first-order valence-electron chi connectivity index (χ1n) is 5.99. The number of nitrogens with one attached hydrogen (secondary N) is 2. The Morgan fingerprint density at radius 3 is 2.75 bits per heavy atom. The zero-order valence-electron chi connectivity index (χ0n) is 10.2. The number of aromatic amines is 1. The van der Waals surface area contributed by atoms with Crippen molar-refractivity contribution in [2.24, 2.45) is 0 Å². The average molecular weight is 218 g/mol. The van der Waals surface area contributed by atoms with Gasteiger partial charge in [-0.3, -0.25) is 0 Å². The molecule has 2 N–H and O–H groups in total. The van der Waals surface area contributed by atoms with Crippen LogP contribution in [0.25, 0.3) is 12.2 Å². The highest BCUT2D eigenvalue weighted by atomic mass is 14.8. The van der Waals surface area contributed by atoms with Crippen LogP contribution in [0.3, 0.4) is 0 Å². The maximum Gasteiger partial charge on any atom is 0.0450 e. The molecular weight excluding hydrogens is 196 g/mol. The van der Waals surface area contributed by atoms with Gasteiger partial charge in [0.1, 0.15) is 0 Å². The zero-order valence-corrected chi connectivity index (χ0v) is 10.2. The Bertz CT molecular complexity index is 337. The number of hydrogen-bond donors (Lipinski definition) is 2. The van der Waals surface area contributed by atoms with Crippen molar-refractivity contribution in [1.82, 2.24) is 10.3 Å². The van der Waals surface area contributed by atoms with Crippen molar-refractivity contribution >= 4 is 12.2 Å². The average Bonchev–Trinajstić information content (AvgIpc) is 2.71. The number of aryl methyl sites for hydroxylation is 1. The predicted molar refractivity (Wildman–Crippen MR) is 72.5 cm³/mol. The molecule has 0 spiro atoms. The summed E-state index contributed by atoms with van der Waals surface area (Å²) in [5, 5.41) is 3.41. The van der Waals surface area contributed by atoms with Crippen LogP contribution >= 0.6 is 0 Å². The van der Waals surface area contributed by atoms with Gasteiger partial charge in [0, 0.05) is 17.5 Å². The maximum absolute atomic E-state index is 3.85. The Morgan fingerprint density at radius 1 is 1.31 bits per heavy atom. The Hall–Kier alpha value is -1.28. The molecule has 0 fully saturated rings. The molecule has 1 rings (SSSR count). The summed E-state index contributed by atoms with van der Waals surface area (Å²) in [4.78, 5) is 3.22. The van der Waals surface area contributed by atoms with Crippen LogP contribution in [0, 0.1) is 0 Å². The molecule has 1 aromatic rings. The lowest BCUT2D eigenvalue weighted by Crippen LogP contribution is -2.16. The molecule has 0 bridgehead atoms. The second kappa shape index (κ2) is 7.07. The van der Waals surface area contributed by atoms with Crippen LogP contribution in [0.15, 0.2) is 19.4 Å². The van der Waals surface area contributed by atoms with E-state index in [0.717, 1.165) is 31.6 Å². The van der Waals surface area contributed by atoms with Crippen LogP contribution in [0.2, 0.25) is 0 Å². The van der Waals surface area contributed by atoms with Crippen molar-refractivity contribution in [2.75, 3.05) is 13.1 Å². The molecule has 2 nitrogen and oxygen atoms in total. The molecule has 0 amide bonds. The molecule has 0 aromatic carbocycles. The Balaban J connectivity index is 2.44. The second-order valence-corrected chi connectivity index (χ2v) is 3.90. The fourth-order valence-corrected chi connectivity index (χ4v) is 1.82. The van der Waals surface area contributed by atoms with E-state index in [2.05, 4.69) is 36.6 Å². The summed E-state index contributed by atoms with van der Waals surface area (Å²) in [5.74, 6) is 0. The molecule has 0 radical (unpaired) electrons. The van der Waals surface area contributed by atoms with Gasteiger partial charge in [-0.25, -0.2) is 0 Å². The molecule has 88 valence electrons. The van der Waals surface area contributed by atoms with E-state index in [9.17, 15) is 0 Å². The quantitative estimate of drug-likeness (QED) is 0.644. The molecule has 16 heavy (non-hydrogen) atoms. The fraction of sp³-hybridized carbons (Fsp3) is 0.429. The summed E-state index contributed by atoms with van der Waals surface area (Å²) in [6, 6.07) is 0. The van der Waals surface area contributed by atoms with Gasteiger partial charge in [0.05, 0.1) is 0 Å². The minimum absolute atomic E-state index is 1.08. The van der Waals surface area contributed by atoms with E-state index in [4.69, 9.17) is 0 Å². The van der Waals surface area contributed by atoms with Crippen LogP contribution in [0.4, 0.5) is 0 Å². The van der Waals surface area contributed by atoms with Gasteiger partial charge in [-0.2, -0.15) is 0 Å². The Labute approximate surface area is 98.5 Å². The van der Waals surface area contributed by atoms with E-state index in [-0.39, 0.29) is 0 Å². The summed E-state index contributed by atoms with van der Waals surface area (Å²) in [5.41, 5.74) is 3.61. The van der Waals surface area contributed by atoms with E-state index in [0.29, 0.717) is 0 Å². The van der Waals surface area contributed by atoms with Crippen molar-refractivity contribution in [1.29, 1.82) is 0 Å². The molecular formula is C14H22N2. The molecule has 1 heterocycles. The van der Waals surface area contributed by atoms with E-state index in [1.807, 2.05) is 12.2 Å². The lowest BCUT2D eigenvalue weighted by molar-refractivity contribution is 0.640. The van der Waals surface area contributed by atoms with E-state index in [1.54, 1.807) is 0 Å². The Kier molecular flexibility index (Phi) is 5.65. The third-order valence-electron chi connectivity index (χ3n) is 2.67. The van der Waals surface area contributed by atoms with Gasteiger partial charge in [-0.1, -0.05) is 26.2 Å². The lowest BCUT2D eigenvalue weighted by Gasteiger charge is -2.03. The summed E-state index contributed by atoms with van der Waals surface area (Å²) in [6.07, 6.45) is 9.26. The van der Waals surface area contributed by atoms with Gasteiger partial charge < -0.3 is 10.3 Å². The monoisotopic (exact) mass is 218 g/mol. The van der Waals surface area contributed by atoms with Gasteiger partial charge in [-0.15, -0.1) is 0 Å². The zero-order chi connectivity index (χ0) is 11.8. The SMILES string of the molecule is C=Cc1[nH]cc(CCCNCCC)c1C=C. The molecule has 0 aliphatic rings. The van der Waals surface area contributed by atoms with E-state index >= 15 is 0 Å². The van der Waals surface area contributed by atoms with Gasteiger partial charge in [0.25, 0.3) is 0 Å². The van der Waals surface area contributed by atoms with Crippen molar-refractivity contribution in [3.05, 3.63) is 36.2 Å². The topological polar surface area (TPSA) is 27.8 Å². The Morgan fingerprint density at radius 2 is 2.12 bits per heavy atom. The molecule has 0 saturated heterocycles. The van der Waals surface area contributed by atoms with E-state index < -0.39 is 0 Å². The van der Waals surface area contributed by atoms with Crippen LogP contribution in [-0.4, -0.2) is 18.1 Å². The molecule has 0 aliphatic heterocycles. The van der Waals surface area contributed by atoms with E-state index in [1.165, 1.54) is 17.5 Å². The summed E-state index contributed by atoms with van der Waals surface area (Å²) in [6.45, 7) is 12.0. The second-order valence-electron chi connectivity index (χ2n) is 3.90. The summed E-state index contributed by atoms with van der Waals surface area (Å²) in [7, 11) is 0. The highest BCUT2D eigenvalue weighted by molar-refractivity contribution is 5.64. The first-order chi connectivity index (χ1) is 7.83. The smallest absolute Gasteiger partial charge is 0.0450 e. The molecule has 0 unspecified atom stereocenters. The van der Waals surface area contributed by atoms with Gasteiger partial charge >= 0.3 is 0 Å². The summed E-state index contributed by atoms with van der Waals surface area (Å²) < 4.78 is 0. The third kappa shape index (κ3) is 3.38. The first-order valence-corrected chi connectivity index (χ1v) is 5.99. The molecule has 2 heteroatoms. The van der Waals surface area contributed by atoms with Crippen molar-refractivity contribution in [3.63, 3.8) is 0 Å². The van der Waals surface area contributed by atoms with Crippen molar-refractivity contribution in [3.8, 4) is 0 Å². The fourth-order valence-electron chi connectivity index (χ4n) is 1.82. The van der Waals surface area contributed by atoms with Crippen LogP contribution in [0.1, 0.15) is 36.6 Å². The van der Waals surface area contributed by atoms with Gasteiger partial charge in [-0.05, 0) is 44.0 Å². The van der Waals surface area contributed by atoms with Crippen molar-refractivity contribution in [2.45, 2.75) is 26.2 Å². The largest absolute Gasteiger partial charge is 0.361 e. The number of rotatable bonds is 8. The molecule has 0 aliphatic carbocycles. The van der Waals surface area contributed by atoms with Crippen molar-refractivity contribution < 1.29 is 0 Å². The van der Waals surface area contributed by atoms with Gasteiger partial charge in [0.15, 0.2) is 0 Å². The molecule has 0 atom stereocenters. The standard InChI is InChI=1S/C14H22N2/c1-4-9-15-10-7-8-12-11-16-14(6-3)13(12)5-2/h5-6,11,15-16H,2-4,7-10H2,1H3. The van der Waals surface area contributed by atoms with Gasteiger partial charge in [0.2, 0.25) is 0 Å². The normalized spacial score (nSPS) is 10.3. The number of H-pyrrole nitrogens is 1.